The maximum absolute atomic E-state index is 10.6. The van der Waals surface area contributed by atoms with E-state index in [4.69, 9.17) is 4.74 Å². The zero-order chi connectivity index (χ0) is 11.4. The van der Waals surface area contributed by atoms with Gasteiger partial charge in [0.05, 0.1) is 6.61 Å². The number of hydrogen-bond donors (Lipinski definition) is 1. The van der Waals surface area contributed by atoms with Gasteiger partial charge in [-0.2, -0.15) is 0 Å². The zero-order valence-corrected chi connectivity index (χ0v) is 11.3. The highest BCUT2D eigenvalue weighted by Gasteiger charge is 2.28. The number of halogens is 1. The minimum absolute atomic E-state index is 0. The molecular weight excluding hydrogens is 240 g/mol. The number of ether oxygens (including phenoxy) is 1. The van der Waals surface area contributed by atoms with Crippen molar-refractivity contribution in [3.63, 3.8) is 0 Å². The van der Waals surface area contributed by atoms with Gasteiger partial charge in [0.1, 0.15) is 0 Å². The third-order valence-corrected chi connectivity index (χ3v) is 3.76. The predicted molar refractivity (Wildman–Crippen MR) is 69.5 cm³/mol. The minimum Gasteiger partial charge on any atom is -0.466 e. The first kappa shape index (κ1) is 14.7. The van der Waals surface area contributed by atoms with Crippen LogP contribution < -0.4 is 5.32 Å². The number of piperidine rings is 1. The Kier molecular flexibility index (Phi) is 6.23. The average molecular weight is 263 g/mol. The fourth-order valence-corrected chi connectivity index (χ4v) is 2.51. The van der Waals surface area contributed by atoms with Crippen LogP contribution in [-0.2, 0) is 9.53 Å². The van der Waals surface area contributed by atoms with Gasteiger partial charge in [0, 0.05) is 26.1 Å². The van der Waals surface area contributed by atoms with Gasteiger partial charge in [-0.25, -0.2) is 0 Å². The molecule has 0 saturated carbocycles. The van der Waals surface area contributed by atoms with Crippen molar-refractivity contribution in [3.05, 3.63) is 0 Å². The largest absolute Gasteiger partial charge is 0.466 e. The fourth-order valence-electron chi connectivity index (χ4n) is 2.51. The topological polar surface area (TPSA) is 41.6 Å². The standard InChI is InChI=1S/C12H22N2O2.ClH/c1-10(15)16-7-4-11-2-5-14(6-3-11)12-8-13-9-12;/h11-13H,2-9H2,1H3;1H. The maximum atomic E-state index is 10.6. The molecule has 0 aromatic heterocycles. The Hall–Kier alpha value is -0.320. The van der Waals surface area contributed by atoms with Gasteiger partial charge >= 0.3 is 5.97 Å². The highest BCUT2D eigenvalue weighted by atomic mass is 35.5. The summed E-state index contributed by atoms with van der Waals surface area (Å²) in [7, 11) is 0. The molecule has 2 saturated heterocycles. The number of carbonyl (C=O) groups is 1. The summed E-state index contributed by atoms with van der Waals surface area (Å²) in [5.41, 5.74) is 0. The highest BCUT2D eigenvalue weighted by molar-refractivity contribution is 5.85. The van der Waals surface area contributed by atoms with Gasteiger partial charge in [-0.3, -0.25) is 9.69 Å². The molecular formula is C12H23ClN2O2. The smallest absolute Gasteiger partial charge is 0.302 e. The van der Waals surface area contributed by atoms with E-state index in [-0.39, 0.29) is 18.4 Å². The molecule has 2 heterocycles. The fraction of sp³-hybridized carbons (Fsp3) is 0.917. The molecule has 2 fully saturated rings. The summed E-state index contributed by atoms with van der Waals surface area (Å²) in [5, 5.41) is 3.32. The van der Waals surface area contributed by atoms with E-state index in [9.17, 15) is 4.79 Å². The van der Waals surface area contributed by atoms with E-state index in [2.05, 4.69) is 10.2 Å². The van der Waals surface area contributed by atoms with Crippen LogP contribution in [0.1, 0.15) is 26.2 Å². The van der Waals surface area contributed by atoms with Crippen molar-refractivity contribution in [2.24, 2.45) is 5.92 Å². The third kappa shape index (κ3) is 4.45. The Bertz CT molecular complexity index is 239. The molecule has 0 aliphatic carbocycles. The van der Waals surface area contributed by atoms with Gasteiger partial charge < -0.3 is 10.1 Å². The summed E-state index contributed by atoms with van der Waals surface area (Å²) < 4.78 is 4.99. The van der Waals surface area contributed by atoms with E-state index in [1.165, 1.54) is 32.9 Å². The predicted octanol–water partition coefficient (Wildman–Crippen LogP) is 1.05. The molecule has 5 heteroatoms. The molecule has 2 aliphatic heterocycles. The second-order valence-corrected chi connectivity index (χ2v) is 4.92. The van der Waals surface area contributed by atoms with Crippen LogP contribution >= 0.6 is 12.4 Å². The molecule has 0 aromatic carbocycles. The average Bonchev–Trinajstić information content (AvgIpc) is 2.17. The van der Waals surface area contributed by atoms with E-state index < -0.39 is 0 Å². The highest BCUT2D eigenvalue weighted by Crippen LogP contribution is 2.22. The Morgan fingerprint density at radius 3 is 2.47 bits per heavy atom. The van der Waals surface area contributed by atoms with Crippen LogP contribution in [0.25, 0.3) is 0 Å². The second-order valence-electron chi connectivity index (χ2n) is 4.92. The molecule has 0 bridgehead atoms. The first-order chi connectivity index (χ1) is 7.75. The molecule has 17 heavy (non-hydrogen) atoms. The first-order valence-electron chi connectivity index (χ1n) is 6.34. The summed E-state index contributed by atoms with van der Waals surface area (Å²) in [6.07, 6.45) is 3.56. The Morgan fingerprint density at radius 2 is 2.00 bits per heavy atom. The van der Waals surface area contributed by atoms with Crippen molar-refractivity contribution in [1.82, 2.24) is 10.2 Å². The lowest BCUT2D eigenvalue weighted by Gasteiger charge is -2.42. The van der Waals surface area contributed by atoms with Crippen LogP contribution in [-0.4, -0.2) is 49.7 Å². The minimum atomic E-state index is -0.155. The van der Waals surface area contributed by atoms with Crippen molar-refractivity contribution in [3.8, 4) is 0 Å². The van der Waals surface area contributed by atoms with Crippen LogP contribution in [0.15, 0.2) is 0 Å². The molecule has 4 nitrogen and oxygen atoms in total. The number of likely N-dealkylation sites (tertiary alicyclic amines) is 1. The lowest BCUT2D eigenvalue weighted by molar-refractivity contribution is -0.141. The third-order valence-electron chi connectivity index (χ3n) is 3.76. The van der Waals surface area contributed by atoms with Gasteiger partial charge in [-0.05, 0) is 38.3 Å². The van der Waals surface area contributed by atoms with E-state index in [0.29, 0.717) is 6.61 Å². The quantitative estimate of drug-likeness (QED) is 0.769. The van der Waals surface area contributed by atoms with E-state index in [1.807, 2.05) is 0 Å². The van der Waals surface area contributed by atoms with Crippen molar-refractivity contribution in [2.75, 3.05) is 32.8 Å². The maximum Gasteiger partial charge on any atom is 0.302 e. The van der Waals surface area contributed by atoms with Gasteiger partial charge in [-0.15, -0.1) is 12.4 Å². The normalized spacial score (nSPS) is 22.6. The van der Waals surface area contributed by atoms with Crippen LogP contribution in [0, 0.1) is 5.92 Å². The lowest BCUT2D eigenvalue weighted by atomic mass is 9.92. The number of hydrogen-bond acceptors (Lipinski definition) is 4. The van der Waals surface area contributed by atoms with Gasteiger partial charge in [0.15, 0.2) is 0 Å². The lowest BCUT2D eigenvalue weighted by Crippen LogP contribution is -2.58. The monoisotopic (exact) mass is 262 g/mol. The first-order valence-corrected chi connectivity index (χ1v) is 6.34. The Balaban J connectivity index is 0.00000144. The molecule has 0 unspecified atom stereocenters. The van der Waals surface area contributed by atoms with E-state index >= 15 is 0 Å². The summed E-state index contributed by atoms with van der Waals surface area (Å²) in [5.74, 6) is 0.599. The van der Waals surface area contributed by atoms with Gasteiger partial charge in [0.25, 0.3) is 0 Å². The number of rotatable bonds is 4. The zero-order valence-electron chi connectivity index (χ0n) is 10.5. The number of carbonyl (C=O) groups excluding carboxylic acids is 1. The van der Waals surface area contributed by atoms with Crippen LogP contribution in [0.3, 0.4) is 0 Å². The number of nitrogens with one attached hydrogen (secondary N) is 1. The summed E-state index contributed by atoms with van der Waals surface area (Å²) in [6, 6.07) is 0.786. The summed E-state index contributed by atoms with van der Waals surface area (Å²) in [6.45, 7) is 6.85. The molecule has 0 radical (unpaired) electrons. The molecule has 2 rings (SSSR count). The van der Waals surface area contributed by atoms with Gasteiger partial charge in [0.2, 0.25) is 0 Å². The van der Waals surface area contributed by atoms with E-state index in [1.54, 1.807) is 0 Å². The molecule has 1 N–H and O–H groups in total. The molecule has 2 aliphatic rings. The Labute approximate surface area is 109 Å². The van der Waals surface area contributed by atoms with Crippen molar-refractivity contribution in [1.29, 1.82) is 0 Å². The second kappa shape index (κ2) is 7.19. The molecule has 0 amide bonds. The molecule has 100 valence electrons. The summed E-state index contributed by atoms with van der Waals surface area (Å²) >= 11 is 0. The Morgan fingerprint density at radius 1 is 1.35 bits per heavy atom. The van der Waals surface area contributed by atoms with Gasteiger partial charge in [-0.1, -0.05) is 0 Å². The van der Waals surface area contributed by atoms with Crippen LogP contribution in [0.2, 0.25) is 0 Å². The summed E-state index contributed by atoms with van der Waals surface area (Å²) in [4.78, 5) is 13.2. The van der Waals surface area contributed by atoms with Crippen LogP contribution in [0.5, 0.6) is 0 Å². The number of esters is 1. The van der Waals surface area contributed by atoms with E-state index in [0.717, 1.165) is 31.5 Å². The van der Waals surface area contributed by atoms with Crippen molar-refractivity contribution < 1.29 is 9.53 Å². The molecule has 0 spiro atoms. The number of nitrogens with zero attached hydrogens (tertiary/aromatic N) is 1. The van der Waals surface area contributed by atoms with Crippen molar-refractivity contribution in [2.45, 2.75) is 32.2 Å². The SMILES string of the molecule is CC(=O)OCCC1CCN(C2CNC2)CC1.Cl. The van der Waals surface area contributed by atoms with Crippen molar-refractivity contribution >= 4 is 18.4 Å². The van der Waals surface area contributed by atoms with Crippen LogP contribution in [0.4, 0.5) is 0 Å². The molecule has 0 aromatic rings. The molecule has 0 atom stereocenters.